The van der Waals surface area contributed by atoms with Crippen LogP contribution in [0.4, 0.5) is 11.4 Å². The van der Waals surface area contributed by atoms with Gasteiger partial charge in [0.15, 0.2) is 5.96 Å². The summed E-state index contributed by atoms with van der Waals surface area (Å²) in [5.41, 5.74) is 6.24. The molecule has 0 saturated heterocycles. The van der Waals surface area contributed by atoms with Gasteiger partial charge in [0.2, 0.25) is 0 Å². The molecule has 0 saturated carbocycles. The van der Waals surface area contributed by atoms with Crippen LogP contribution >= 0.6 is 0 Å². The van der Waals surface area contributed by atoms with E-state index in [-0.39, 0.29) is 53.2 Å². The van der Waals surface area contributed by atoms with E-state index in [0.29, 0.717) is 17.8 Å². The van der Waals surface area contributed by atoms with Gasteiger partial charge in [-0.3, -0.25) is 9.79 Å². The normalized spacial score (nSPS) is 15.5. The first-order valence-electron chi connectivity index (χ1n) is 12.2. The maximum atomic E-state index is 10.7. The van der Waals surface area contributed by atoms with Gasteiger partial charge in [-0.15, -0.1) is 0 Å². The first kappa shape index (κ1) is 21.9. The van der Waals surface area contributed by atoms with Crippen LogP contribution in [0.2, 0.25) is 0 Å². The molecule has 34 heavy (non-hydrogen) atoms. The predicted molar refractivity (Wildman–Crippen MR) is 122 cm³/mol. The van der Waals surface area contributed by atoms with Crippen LogP contribution in [0.15, 0.2) is 68.6 Å². The molecule has 0 amide bonds. The third-order valence-corrected chi connectivity index (χ3v) is 4.64. The van der Waals surface area contributed by atoms with Crippen molar-refractivity contribution in [2.45, 2.75) is 23.8 Å². The topological polar surface area (TPSA) is 202 Å². The molecule has 2 rings (SSSR count). The molecule has 0 aliphatic heterocycles. The summed E-state index contributed by atoms with van der Waals surface area (Å²) < 4.78 is 74.0. The molecule has 2 aromatic rings. The molecule has 1 atom stereocenters. The van der Waals surface area contributed by atoms with E-state index in [0.717, 1.165) is 0 Å². The Bertz CT molecular complexity index is 1240. The number of rotatable bonds is 8. The average Bonchev–Trinajstić information content (AvgIpc) is 2.79. The van der Waals surface area contributed by atoms with Gasteiger partial charge >= 0.3 is 35.5 Å². The van der Waals surface area contributed by atoms with E-state index in [9.17, 15) is 17.8 Å². The third-order valence-electron chi connectivity index (χ3n) is 3.79. The van der Waals surface area contributed by atoms with Crippen molar-refractivity contribution in [3.05, 3.63) is 48.5 Å². The van der Waals surface area contributed by atoms with Gasteiger partial charge < -0.3 is 31.1 Å². The van der Waals surface area contributed by atoms with E-state index < -0.39 is 42.0 Å². The van der Waals surface area contributed by atoms with E-state index in [2.05, 4.69) is 20.5 Å². The van der Waals surface area contributed by atoms with E-state index in [4.69, 9.17) is 24.2 Å². The van der Waals surface area contributed by atoms with Gasteiger partial charge in [0.25, 0.3) is 0 Å². The Kier molecular flexibility index (Phi) is 10.4. The van der Waals surface area contributed by atoms with Crippen LogP contribution in [0.1, 0.15) is 21.1 Å². The van der Waals surface area contributed by atoms with Crippen molar-refractivity contribution in [2.24, 2.45) is 21.0 Å². The summed E-state index contributed by atoms with van der Waals surface area (Å²) in [5, 5.41) is 29.9. The average molecular weight is 509 g/mol. The van der Waals surface area contributed by atoms with Crippen LogP contribution in [0.25, 0.3) is 0 Å². The van der Waals surface area contributed by atoms with E-state index in [1.165, 1.54) is 36.4 Å². The zero-order valence-corrected chi connectivity index (χ0v) is 21.0. The molecule has 2 aromatic carbocycles. The van der Waals surface area contributed by atoms with Crippen LogP contribution in [-0.4, -0.2) is 61.7 Å². The number of aliphatic imine (C=N–C) groups is 1. The molecule has 14 heteroatoms. The predicted octanol–water partition coefficient (Wildman–Crippen LogP) is -1.31. The Morgan fingerprint density at radius 3 is 2.18 bits per heavy atom. The number of carbonyl (C=O) groups is 1. The standard InChI is InChI=1S/C12H10N2O4S.C8H18N4O2.Na/c15-11-5-1-9(2-6-11)13-14-10-3-7-12(8-4-10)19(16,17)18;1-10-8(11-2)12-5-3-4-6(9)7(13)14;/h1-8,15H,(H,16,17,18);6H,3-5,9H2,1-2H3,(H,13,14)(H2,10,11,12);/q;;+1/p-1/t;6-;/m.0./s1/i;1D3,2D3;. The Labute approximate surface area is 228 Å². The Hall–Kier alpha value is -2.55. The number of nitrogens with one attached hydrogen (secondary N) is 2. The largest absolute Gasteiger partial charge is 1.00 e. The van der Waals surface area contributed by atoms with Crippen LogP contribution in [0, 0.1) is 0 Å². The summed E-state index contributed by atoms with van der Waals surface area (Å²) >= 11 is 0. The van der Waals surface area contributed by atoms with Gasteiger partial charge in [-0.2, -0.15) is 10.2 Å². The fraction of sp³-hybridized carbons (Fsp3) is 0.300. The zero-order valence-electron chi connectivity index (χ0n) is 24.2. The number of hydrogen-bond acceptors (Lipinski definition) is 9. The molecule has 6 N–H and O–H groups in total. The molecule has 0 heterocycles. The number of carboxylic acid groups (broad SMARTS) is 1. The second-order valence-corrected chi connectivity index (χ2v) is 7.64. The molecule has 0 radical (unpaired) electrons. The monoisotopic (exact) mass is 508 g/mol. The van der Waals surface area contributed by atoms with Gasteiger partial charge in [-0.25, -0.2) is 8.42 Å². The number of phenolic OH excluding ortho intramolecular Hbond substituents is 1. The second-order valence-electron chi connectivity index (χ2n) is 6.26. The van der Waals surface area contributed by atoms with Gasteiger partial charge in [0, 0.05) is 28.7 Å². The van der Waals surface area contributed by atoms with Crippen molar-refractivity contribution < 1.29 is 65.8 Å². The number of carboxylic acids is 1. The molecular weight excluding hydrogens is 475 g/mol. The number of aromatic hydroxyl groups is 1. The van der Waals surface area contributed by atoms with Crippen LogP contribution in [-0.2, 0) is 14.9 Å². The van der Waals surface area contributed by atoms with Crippen molar-refractivity contribution in [3.8, 4) is 5.75 Å². The summed E-state index contributed by atoms with van der Waals surface area (Å²) in [5.74, 6) is -1.40. The van der Waals surface area contributed by atoms with Crippen LogP contribution < -0.4 is 45.9 Å². The minimum Gasteiger partial charge on any atom is -0.744 e. The van der Waals surface area contributed by atoms with Crippen molar-refractivity contribution in [3.63, 3.8) is 0 Å². The minimum absolute atomic E-state index is 0. The number of guanidine groups is 1. The van der Waals surface area contributed by atoms with Crippen molar-refractivity contribution in [1.82, 2.24) is 10.6 Å². The number of nitrogens with two attached hydrogens (primary N) is 1. The fourth-order valence-electron chi connectivity index (χ4n) is 2.08. The van der Waals surface area contributed by atoms with E-state index >= 15 is 0 Å². The fourth-order valence-corrected chi connectivity index (χ4v) is 2.55. The summed E-state index contributed by atoms with van der Waals surface area (Å²) in [6.45, 7) is -5.13. The van der Waals surface area contributed by atoms with Crippen LogP contribution in [0.5, 0.6) is 5.75 Å². The number of azo groups is 1. The quantitative estimate of drug-likeness (QED) is 0.0716. The Morgan fingerprint density at radius 2 is 1.71 bits per heavy atom. The first-order chi connectivity index (χ1) is 17.9. The van der Waals surface area contributed by atoms with Crippen LogP contribution in [0.3, 0.4) is 0 Å². The van der Waals surface area contributed by atoms with Gasteiger partial charge in [-0.05, 0) is 61.4 Å². The summed E-state index contributed by atoms with van der Waals surface area (Å²) in [6.07, 6.45) is 0.479. The maximum absolute atomic E-state index is 10.7. The molecule has 0 aromatic heterocycles. The molecule has 0 aliphatic carbocycles. The second kappa shape index (κ2) is 16.1. The number of hydrogen-bond donors (Lipinski definition) is 5. The molecular formula is C20H27N6NaO6S. The van der Waals surface area contributed by atoms with Crippen molar-refractivity contribution in [1.29, 1.82) is 0 Å². The van der Waals surface area contributed by atoms with Crippen molar-refractivity contribution >= 4 is 33.4 Å². The SMILES string of the molecule is O=S(=O)([O-])c1ccc(N=Nc2ccc(O)cc2)cc1.[2H]C([2H])([2H])N=C(NCCC[C@H](N)C(=O)O)NC([2H])([2H])[2H].[Na+]. The van der Waals surface area contributed by atoms with E-state index in [1.54, 1.807) is 12.1 Å². The molecule has 0 bridgehead atoms. The number of aliphatic carboxylic acids is 1. The summed E-state index contributed by atoms with van der Waals surface area (Å²) in [6, 6.07) is 10.2. The van der Waals surface area contributed by atoms with Gasteiger partial charge in [0.05, 0.1) is 16.3 Å². The zero-order chi connectivity index (χ0) is 29.9. The first-order valence-corrected chi connectivity index (χ1v) is 10.6. The number of phenols is 1. The van der Waals surface area contributed by atoms with Crippen molar-refractivity contribution in [2.75, 3.05) is 20.5 Å². The van der Waals surface area contributed by atoms with E-state index in [1.807, 2.05) is 5.32 Å². The van der Waals surface area contributed by atoms with Gasteiger partial charge in [-0.1, -0.05) is 0 Å². The molecule has 0 unspecified atom stereocenters. The Morgan fingerprint density at radius 1 is 1.15 bits per heavy atom. The third kappa shape index (κ3) is 12.6. The maximum Gasteiger partial charge on any atom is 1.00 e. The van der Waals surface area contributed by atoms with Gasteiger partial charge in [0.1, 0.15) is 21.9 Å². The summed E-state index contributed by atoms with van der Waals surface area (Å²) in [4.78, 5) is 13.4. The molecule has 0 spiro atoms. The molecule has 0 aliphatic rings. The molecule has 180 valence electrons. The minimum atomic E-state index is -4.44. The molecule has 0 fully saturated rings. The number of benzene rings is 2. The summed E-state index contributed by atoms with van der Waals surface area (Å²) in [7, 11) is -4.44. The molecule has 12 nitrogen and oxygen atoms in total. The number of nitrogens with zero attached hydrogens (tertiary/aromatic N) is 3. The smallest absolute Gasteiger partial charge is 0.744 e. The Balaban J connectivity index is 0.000000742.